The maximum absolute atomic E-state index is 4.81. The number of nitrogens with one attached hydrogen (secondary N) is 1. The first kappa shape index (κ1) is 11.4. The third kappa shape index (κ3) is 1.77. The van der Waals surface area contributed by atoms with Crippen molar-refractivity contribution in [2.24, 2.45) is 13.0 Å². The zero-order valence-electron chi connectivity index (χ0n) is 11.3. The van der Waals surface area contributed by atoms with Gasteiger partial charge in [-0.25, -0.2) is 4.98 Å². The second kappa shape index (κ2) is 4.30. The molecular weight excluding hydrogens is 236 g/mol. The highest BCUT2D eigenvalue weighted by Crippen LogP contribution is 2.39. The van der Waals surface area contributed by atoms with E-state index >= 15 is 0 Å². The smallest absolute Gasteiger partial charge is 0.126 e. The van der Waals surface area contributed by atoms with Gasteiger partial charge in [0.2, 0.25) is 0 Å². The second-order valence-corrected chi connectivity index (χ2v) is 6.00. The van der Waals surface area contributed by atoms with Crippen molar-refractivity contribution < 1.29 is 0 Å². The molecule has 0 radical (unpaired) electrons. The number of hydrogen-bond acceptors (Lipinski definition) is 3. The zero-order chi connectivity index (χ0) is 12.8. The van der Waals surface area contributed by atoms with E-state index in [1.165, 1.54) is 37.9 Å². The van der Waals surface area contributed by atoms with Crippen LogP contribution in [0, 0.1) is 5.92 Å². The molecule has 0 spiro atoms. The van der Waals surface area contributed by atoms with Gasteiger partial charge in [-0.3, -0.25) is 4.98 Å². The minimum atomic E-state index is 0.422. The summed E-state index contributed by atoms with van der Waals surface area (Å²) in [6, 6.07) is 3.14. The van der Waals surface area contributed by atoms with Gasteiger partial charge in [0.25, 0.3) is 0 Å². The third-order valence-corrected chi connectivity index (χ3v) is 4.89. The molecule has 4 nitrogen and oxygen atoms in total. The SMILES string of the molecule is Cn1c(C2CC3CCCCC3N2)nc2ccncc21. The van der Waals surface area contributed by atoms with Crippen molar-refractivity contribution in [3.63, 3.8) is 0 Å². The molecule has 0 amide bonds. The van der Waals surface area contributed by atoms with Crippen molar-refractivity contribution in [2.75, 3.05) is 0 Å². The van der Waals surface area contributed by atoms with Gasteiger partial charge in [-0.15, -0.1) is 0 Å². The summed E-state index contributed by atoms with van der Waals surface area (Å²) in [5.41, 5.74) is 2.19. The van der Waals surface area contributed by atoms with Crippen molar-refractivity contribution in [3.8, 4) is 0 Å². The van der Waals surface area contributed by atoms with Crippen molar-refractivity contribution in [2.45, 2.75) is 44.2 Å². The lowest BCUT2D eigenvalue weighted by Gasteiger charge is -2.24. The van der Waals surface area contributed by atoms with Gasteiger partial charge in [0.15, 0.2) is 0 Å². The molecule has 4 heteroatoms. The number of aryl methyl sites for hydroxylation is 1. The average molecular weight is 256 g/mol. The van der Waals surface area contributed by atoms with Crippen LogP contribution in [0.5, 0.6) is 0 Å². The predicted octanol–water partition coefficient (Wildman–Crippen LogP) is 2.56. The minimum Gasteiger partial charge on any atom is -0.329 e. The van der Waals surface area contributed by atoms with Gasteiger partial charge in [0.05, 0.1) is 23.3 Å². The molecule has 3 atom stereocenters. The fourth-order valence-corrected chi connectivity index (χ4v) is 3.88. The first-order chi connectivity index (χ1) is 9.33. The van der Waals surface area contributed by atoms with E-state index in [1.54, 1.807) is 0 Å². The third-order valence-electron chi connectivity index (χ3n) is 4.89. The summed E-state index contributed by atoms with van der Waals surface area (Å²) in [6.07, 6.45) is 10.5. The summed E-state index contributed by atoms with van der Waals surface area (Å²) >= 11 is 0. The predicted molar refractivity (Wildman–Crippen MR) is 74.7 cm³/mol. The van der Waals surface area contributed by atoms with Crippen molar-refractivity contribution in [3.05, 3.63) is 24.3 Å². The van der Waals surface area contributed by atoms with Crippen molar-refractivity contribution in [1.82, 2.24) is 19.9 Å². The second-order valence-electron chi connectivity index (χ2n) is 6.00. The van der Waals surface area contributed by atoms with Crippen LogP contribution in [0.3, 0.4) is 0 Å². The minimum absolute atomic E-state index is 0.422. The maximum atomic E-state index is 4.81. The lowest BCUT2D eigenvalue weighted by Crippen LogP contribution is -2.31. The summed E-state index contributed by atoms with van der Waals surface area (Å²) in [5.74, 6) is 2.04. The zero-order valence-corrected chi connectivity index (χ0v) is 11.3. The van der Waals surface area contributed by atoms with Gasteiger partial charge in [0, 0.05) is 19.3 Å². The molecule has 2 aromatic heterocycles. The van der Waals surface area contributed by atoms with Crippen LogP contribution in [0.4, 0.5) is 0 Å². The Morgan fingerprint density at radius 2 is 2.21 bits per heavy atom. The number of pyridine rings is 1. The van der Waals surface area contributed by atoms with Gasteiger partial charge in [-0.05, 0) is 31.2 Å². The Labute approximate surface area is 113 Å². The van der Waals surface area contributed by atoms with Crippen LogP contribution in [0.2, 0.25) is 0 Å². The molecule has 3 heterocycles. The van der Waals surface area contributed by atoms with Crippen LogP contribution in [-0.4, -0.2) is 20.6 Å². The number of aromatic nitrogens is 3. The average Bonchev–Trinajstić information content (AvgIpc) is 3.00. The number of fused-ring (bicyclic) bond motifs is 2. The van der Waals surface area contributed by atoms with Gasteiger partial charge >= 0.3 is 0 Å². The van der Waals surface area contributed by atoms with Gasteiger partial charge in [-0.1, -0.05) is 12.8 Å². The summed E-state index contributed by atoms with van der Waals surface area (Å²) < 4.78 is 2.21. The molecule has 4 rings (SSSR count). The molecule has 1 N–H and O–H groups in total. The summed E-state index contributed by atoms with van der Waals surface area (Å²) in [5, 5.41) is 3.81. The Hall–Kier alpha value is -1.42. The van der Waals surface area contributed by atoms with Crippen molar-refractivity contribution in [1.29, 1.82) is 0 Å². The van der Waals surface area contributed by atoms with E-state index in [2.05, 4.69) is 21.9 Å². The van der Waals surface area contributed by atoms with E-state index in [1.807, 2.05) is 18.5 Å². The van der Waals surface area contributed by atoms with Crippen LogP contribution >= 0.6 is 0 Å². The highest BCUT2D eigenvalue weighted by molar-refractivity contribution is 5.74. The van der Waals surface area contributed by atoms with E-state index in [4.69, 9.17) is 4.98 Å². The molecule has 2 aliphatic rings. The number of nitrogens with zero attached hydrogens (tertiary/aromatic N) is 3. The fourth-order valence-electron chi connectivity index (χ4n) is 3.88. The number of hydrogen-bond donors (Lipinski definition) is 1. The van der Waals surface area contributed by atoms with E-state index in [-0.39, 0.29) is 0 Å². The maximum Gasteiger partial charge on any atom is 0.126 e. The van der Waals surface area contributed by atoms with Crippen LogP contribution in [0.15, 0.2) is 18.5 Å². The molecule has 100 valence electrons. The normalized spacial score (nSPS) is 30.7. The van der Waals surface area contributed by atoms with Crippen molar-refractivity contribution >= 4 is 11.0 Å². The first-order valence-corrected chi connectivity index (χ1v) is 7.35. The lowest BCUT2D eigenvalue weighted by atomic mass is 9.85. The topological polar surface area (TPSA) is 42.7 Å². The van der Waals surface area contributed by atoms with E-state index in [0.717, 1.165) is 23.0 Å². The van der Waals surface area contributed by atoms with Crippen LogP contribution in [0.25, 0.3) is 11.0 Å². The highest BCUT2D eigenvalue weighted by atomic mass is 15.1. The monoisotopic (exact) mass is 256 g/mol. The Balaban J connectivity index is 1.69. The largest absolute Gasteiger partial charge is 0.329 e. The molecule has 19 heavy (non-hydrogen) atoms. The van der Waals surface area contributed by atoms with Crippen LogP contribution in [-0.2, 0) is 7.05 Å². The molecule has 1 aliphatic heterocycles. The number of rotatable bonds is 1. The molecule has 1 aliphatic carbocycles. The van der Waals surface area contributed by atoms with Crippen LogP contribution in [0.1, 0.15) is 44.0 Å². The Bertz CT molecular complexity index is 589. The van der Waals surface area contributed by atoms with Crippen LogP contribution < -0.4 is 5.32 Å². The molecule has 1 saturated carbocycles. The molecule has 3 unspecified atom stereocenters. The van der Waals surface area contributed by atoms with Gasteiger partial charge in [0.1, 0.15) is 5.82 Å². The molecule has 2 fully saturated rings. The fraction of sp³-hybridized carbons (Fsp3) is 0.600. The summed E-state index contributed by atoms with van der Waals surface area (Å²) in [7, 11) is 2.11. The molecule has 0 aromatic carbocycles. The summed E-state index contributed by atoms with van der Waals surface area (Å²) in [6.45, 7) is 0. The molecular formula is C15H20N4. The van der Waals surface area contributed by atoms with E-state index < -0.39 is 0 Å². The Morgan fingerprint density at radius 3 is 3.05 bits per heavy atom. The molecule has 0 bridgehead atoms. The quantitative estimate of drug-likeness (QED) is 0.852. The van der Waals surface area contributed by atoms with Gasteiger partial charge in [-0.2, -0.15) is 0 Å². The lowest BCUT2D eigenvalue weighted by molar-refractivity contribution is 0.325. The molecule has 1 saturated heterocycles. The van der Waals surface area contributed by atoms with E-state index in [0.29, 0.717) is 6.04 Å². The standard InChI is InChI=1S/C15H20N4/c1-19-14-9-16-7-6-12(14)18-15(19)13-8-10-4-2-3-5-11(10)17-13/h6-7,9-11,13,17H,2-5,8H2,1H3. The number of imidazole rings is 1. The summed E-state index contributed by atoms with van der Waals surface area (Å²) in [4.78, 5) is 9.02. The first-order valence-electron chi connectivity index (χ1n) is 7.35. The molecule has 2 aromatic rings. The van der Waals surface area contributed by atoms with E-state index in [9.17, 15) is 0 Å². The Kier molecular flexibility index (Phi) is 2.58. The van der Waals surface area contributed by atoms with Gasteiger partial charge < -0.3 is 9.88 Å². The Morgan fingerprint density at radius 1 is 1.32 bits per heavy atom. The highest BCUT2D eigenvalue weighted by Gasteiger charge is 2.37.